The van der Waals surface area contributed by atoms with Crippen LogP contribution in [-0.2, 0) is 11.2 Å². The number of anilines is 1. The Hall–Kier alpha value is -4.10. The average Bonchev–Trinajstić information content (AvgIpc) is 3.04. The highest BCUT2D eigenvalue weighted by Crippen LogP contribution is 2.30. The average molecular weight is 584 g/mol. The van der Waals surface area contributed by atoms with E-state index in [0.717, 1.165) is 69.5 Å². The second kappa shape index (κ2) is 14.9. The molecule has 1 fully saturated rings. The van der Waals surface area contributed by atoms with Crippen LogP contribution in [-0.4, -0.2) is 54.7 Å². The van der Waals surface area contributed by atoms with Gasteiger partial charge in [0.15, 0.2) is 0 Å². The van der Waals surface area contributed by atoms with E-state index in [2.05, 4.69) is 26.9 Å². The largest absolute Gasteiger partial charge is 0.459 e. The highest BCUT2D eigenvalue weighted by molar-refractivity contribution is 5.94. The van der Waals surface area contributed by atoms with Gasteiger partial charge in [-0.15, -0.1) is 0 Å². The monoisotopic (exact) mass is 583 g/mol. The summed E-state index contributed by atoms with van der Waals surface area (Å²) in [5.41, 5.74) is 3.79. The number of rotatable bonds is 12. The molecule has 0 spiro atoms. The van der Waals surface area contributed by atoms with Gasteiger partial charge in [-0.3, -0.25) is 4.90 Å². The van der Waals surface area contributed by atoms with E-state index in [1.807, 2.05) is 49.4 Å². The second-order valence-electron chi connectivity index (χ2n) is 11.2. The fourth-order valence-corrected chi connectivity index (χ4v) is 5.75. The van der Waals surface area contributed by atoms with Crippen LogP contribution in [0.15, 0.2) is 97.2 Å². The number of hydrogen-bond donors (Lipinski definition) is 0. The molecule has 1 aliphatic heterocycles. The first-order chi connectivity index (χ1) is 21.0. The molecule has 43 heavy (non-hydrogen) atoms. The summed E-state index contributed by atoms with van der Waals surface area (Å²) in [4.78, 5) is 22.3. The van der Waals surface area contributed by atoms with Crippen LogP contribution >= 0.6 is 0 Å². The summed E-state index contributed by atoms with van der Waals surface area (Å²) in [6, 6.07) is 27.0. The van der Waals surface area contributed by atoms with Crippen molar-refractivity contribution in [3.8, 4) is 0 Å². The number of benzene rings is 3. The molecule has 1 aromatic heterocycles. The molecule has 1 atom stereocenters. The topological polar surface area (TPSA) is 45.7 Å². The zero-order valence-electron chi connectivity index (χ0n) is 24.7. The molecule has 1 saturated heterocycles. The summed E-state index contributed by atoms with van der Waals surface area (Å²) in [6.45, 7) is 6.10. The molecule has 0 aliphatic carbocycles. The summed E-state index contributed by atoms with van der Waals surface area (Å²) >= 11 is 0. The number of carbonyl (C=O) groups excluding carboxylic acids is 1. The maximum absolute atomic E-state index is 13.6. The fraction of sp³-hybridized carbons (Fsp3) is 0.333. The number of hydrogen-bond acceptors (Lipinski definition) is 5. The number of aromatic nitrogens is 1. The van der Waals surface area contributed by atoms with Crippen LogP contribution in [0.2, 0.25) is 0 Å². The number of halogens is 2. The van der Waals surface area contributed by atoms with Crippen molar-refractivity contribution in [1.29, 1.82) is 0 Å². The van der Waals surface area contributed by atoms with Gasteiger partial charge in [-0.05, 0) is 92.2 Å². The van der Waals surface area contributed by atoms with E-state index in [1.54, 1.807) is 18.3 Å². The zero-order chi connectivity index (χ0) is 30.0. The Morgan fingerprint density at radius 1 is 0.814 bits per heavy atom. The predicted octanol–water partition coefficient (Wildman–Crippen LogP) is 7.27. The van der Waals surface area contributed by atoms with Crippen LogP contribution in [0.3, 0.4) is 0 Å². The van der Waals surface area contributed by atoms with Crippen molar-refractivity contribution in [2.75, 3.05) is 37.6 Å². The maximum Gasteiger partial charge on any atom is 0.342 e. The van der Waals surface area contributed by atoms with Crippen LogP contribution in [0.25, 0.3) is 0 Å². The Bertz CT molecular complexity index is 1390. The van der Waals surface area contributed by atoms with E-state index >= 15 is 0 Å². The zero-order valence-corrected chi connectivity index (χ0v) is 24.7. The minimum atomic E-state index is -0.335. The van der Waals surface area contributed by atoms with Gasteiger partial charge in [-0.1, -0.05) is 54.6 Å². The lowest BCUT2D eigenvalue weighted by atomic mass is 9.87. The maximum atomic E-state index is 13.6. The van der Waals surface area contributed by atoms with Gasteiger partial charge in [0.05, 0.1) is 6.10 Å². The Labute approximate surface area is 253 Å². The molecule has 2 heterocycles. The number of carbonyl (C=O) groups is 1. The Balaban J connectivity index is 1.13. The summed E-state index contributed by atoms with van der Waals surface area (Å²) in [5, 5.41) is 0. The Kier molecular flexibility index (Phi) is 10.5. The standard InChI is InChI=1S/C36H39F2N3O2/c1-27(11-12-28-7-3-2-4-8-28)43-36(42)34-9-5-21-39-35(34)41-25-23-40(24-26-41)22-6-10-33(29-13-17-31(37)18-14-29)30-15-19-32(38)20-16-30/h2-5,7-9,13-21,27,33H,6,10-12,22-26H2,1H3. The molecule has 5 rings (SSSR count). The molecule has 0 N–H and O–H groups in total. The molecule has 1 unspecified atom stereocenters. The van der Waals surface area contributed by atoms with Crippen LogP contribution in [0.1, 0.15) is 59.2 Å². The van der Waals surface area contributed by atoms with Gasteiger partial charge in [-0.2, -0.15) is 0 Å². The summed E-state index contributed by atoms with van der Waals surface area (Å²) < 4.78 is 33.0. The van der Waals surface area contributed by atoms with E-state index in [4.69, 9.17) is 4.74 Å². The molecule has 0 radical (unpaired) electrons. The predicted molar refractivity (Wildman–Crippen MR) is 166 cm³/mol. The van der Waals surface area contributed by atoms with E-state index in [1.165, 1.54) is 29.8 Å². The van der Waals surface area contributed by atoms with Crippen LogP contribution in [0.4, 0.5) is 14.6 Å². The van der Waals surface area contributed by atoms with E-state index in [9.17, 15) is 13.6 Å². The summed E-state index contributed by atoms with van der Waals surface area (Å²) in [7, 11) is 0. The van der Waals surface area contributed by atoms with Crippen molar-refractivity contribution in [3.63, 3.8) is 0 Å². The lowest BCUT2D eigenvalue weighted by Crippen LogP contribution is -2.47. The summed E-state index contributed by atoms with van der Waals surface area (Å²) in [5.74, 6) is -0.115. The minimum Gasteiger partial charge on any atom is -0.459 e. The molecule has 5 nitrogen and oxygen atoms in total. The van der Waals surface area contributed by atoms with Crippen molar-refractivity contribution in [2.24, 2.45) is 0 Å². The quantitative estimate of drug-likeness (QED) is 0.164. The SMILES string of the molecule is CC(CCc1ccccc1)OC(=O)c1cccnc1N1CCN(CCCC(c2ccc(F)cc2)c2ccc(F)cc2)CC1. The highest BCUT2D eigenvalue weighted by atomic mass is 19.1. The molecule has 4 aromatic rings. The molecule has 0 bridgehead atoms. The number of piperazine rings is 1. The van der Waals surface area contributed by atoms with Crippen LogP contribution < -0.4 is 4.90 Å². The van der Waals surface area contributed by atoms with Crippen molar-refractivity contribution < 1.29 is 18.3 Å². The minimum absolute atomic E-state index is 0.0691. The molecule has 224 valence electrons. The third-order valence-corrected chi connectivity index (χ3v) is 8.18. The third kappa shape index (κ3) is 8.48. The van der Waals surface area contributed by atoms with Gasteiger partial charge < -0.3 is 9.64 Å². The third-order valence-electron chi connectivity index (χ3n) is 8.18. The first-order valence-corrected chi connectivity index (χ1v) is 15.1. The van der Waals surface area contributed by atoms with Crippen molar-refractivity contribution in [1.82, 2.24) is 9.88 Å². The molecule has 1 aliphatic rings. The van der Waals surface area contributed by atoms with Gasteiger partial charge in [0, 0.05) is 38.3 Å². The lowest BCUT2D eigenvalue weighted by Gasteiger charge is -2.36. The van der Waals surface area contributed by atoms with E-state index in [0.29, 0.717) is 11.4 Å². The Morgan fingerprint density at radius 2 is 1.44 bits per heavy atom. The summed E-state index contributed by atoms with van der Waals surface area (Å²) in [6.07, 6.45) is 4.95. The van der Waals surface area contributed by atoms with Gasteiger partial charge in [-0.25, -0.2) is 18.6 Å². The van der Waals surface area contributed by atoms with Crippen molar-refractivity contribution in [3.05, 3.63) is 131 Å². The van der Waals surface area contributed by atoms with Gasteiger partial charge in [0.1, 0.15) is 23.0 Å². The normalized spacial score (nSPS) is 14.6. The first-order valence-electron chi connectivity index (χ1n) is 15.1. The number of aryl methyl sites for hydroxylation is 1. The second-order valence-corrected chi connectivity index (χ2v) is 11.2. The molecule has 0 saturated carbocycles. The van der Waals surface area contributed by atoms with Crippen LogP contribution in [0, 0.1) is 11.6 Å². The van der Waals surface area contributed by atoms with Gasteiger partial charge in [0.2, 0.25) is 0 Å². The molecule has 3 aromatic carbocycles. The number of pyridine rings is 1. The molecule has 0 amide bonds. The smallest absolute Gasteiger partial charge is 0.342 e. The lowest BCUT2D eigenvalue weighted by molar-refractivity contribution is 0.0325. The van der Waals surface area contributed by atoms with Crippen molar-refractivity contribution in [2.45, 2.75) is 44.6 Å². The number of nitrogens with zero attached hydrogens (tertiary/aromatic N) is 3. The number of ether oxygens (including phenoxy) is 1. The van der Waals surface area contributed by atoms with Gasteiger partial charge >= 0.3 is 5.97 Å². The van der Waals surface area contributed by atoms with Gasteiger partial charge in [0.25, 0.3) is 0 Å². The fourth-order valence-electron chi connectivity index (χ4n) is 5.75. The Morgan fingerprint density at radius 3 is 2.07 bits per heavy atom. The molecule has 7 heteroatoms. The molecular formula is C36H39F2N3O2. The van der Waals surface area contributed by atoms with Crippen LogP contribution in [0.5, 0.6) is 0 Å². The first kappa shape index (κ1) is 30.4. The van der Waals surface area contributed by atoms with Crippen molar-refractivity contribution >= 4 is 11.8 Å². The molecular weight excluding hydrogens is 544 g/mol. The number of esters is 1. The van der Waals surface area contributed by atoms with E-state index < -0.39 is 0 Å². The van der Waals surface area contributed by atoms with E-state index in [-0.39, 0.29) is 29.6 Å². The highest BCUT2D eigenvalue weighted by Gasteiger charge is 2.24.